The molecule has 0 unspecified atom stereocenters. The molecular formula is C20H27NO2. The Balaban J connectivity index is 2.10. The number of fused-ring (bicyclic) bond motifs is 1. The third-order valence-corrected chi connectivity index (χ3v) is 5.69. The van der Waals surface area contributed by atoms with Crippen molar-refractivity contribution in [2.45, 2.75) is 52.4 Å². The summed E-state index contributed by atoms with van der Waals surface area (Å²) >= 11 is 0. The maximum absolute atomic E-state index is 12.7. The zero-order chi connectivity index (χ0) is 16.4. The second-order valence-corrected chi connectivity index (χ2v) is 7.10. The van der Waals surface area contributed by atoms with E-state index in [9.17, 15) is 4.79 Å². The molecule has 23 heavy (non-hydrogen) atoms. The van der Waals surface area contributed by atoms with E-state index in [0.717, 1.165) is 12.0 Å². The van der Waals surface area contributed by atoms with Crippen LogP contribution in [-0.2, 0) is 16.0 Å². The molecule has 2 N–H and O–H groups in total. The molecule has 1 fully saturated rings. The van der Waals surface area contributed by atoms with Gasteiger partial charge >= 0.3 is 5.97 Å². The van der Waals surface area contributed by atoms with Crippen LogP contribution in [0, 0.1) is 11.3 Å². The lowest BCUT2D eigenvalue weighted by molar-refractivity contribution is -0.140. The molecule has 0 spiro atoms. The van der Waals surface area contributed by atoms with Gasteiger partial charge in [0, 0.05) is 11.0 Å². The first-order valence-corrected chi connectivity index (χ1v) is 8.83. The molecule has 0 radical (unpaired) electrons. The normalized spacial score (nSPS) is 25.1. The monoisotopic (exact) mass is 313 g/mol. The second-order valence-electron chi connectivity index (χ2n) is 7.10. The Hall–Kier alpha value is -1.77. The van der Waals surface area contributed by atoms with Gasteiger partial charge in [-0.1, -0.05) is 50.5 Å². The zero-order valence-electron chi connectivity index (χ0n) is 14.2. The van der Waals surface area contributed by atoms with Crippen molar-refractivity contribution in [2.75, 3.05) is 6.61 Å². The Morgan fingerprint density at radius 1 is 1.26 bits per heavy atom. The fourth-order valence-corrected chi connectivity index (χ4v) is 4.50. The number of ether oxygens (including phenoxy) is 1. The quantitative estimate of drug-likeness (QED) is 0.856. The van der Waals surface area contributed by atoms with E-state index in [1.807, 2.05) is 19.1 Å². The average molecular weight is 313 g/mol. The molecule has 1 aromatic rings. The highest BCUT2D eigenvalue weighted by Gasteiger charge is 2.46. The van der Waals surface area contributed by atoms with Gasteiger partial charge in [0.05, 0.1) is 17.9 Å². The summed E-state index contributed by atoms with van der Waals surface area (Å²) in [7, 11) is 0. The molecule has 0 aromatic heterocycles. The molecule has 2 aliphatic rings. The minimum atomic E-state index is -0.229. The van der Waals surface area contributed by atoms with Gasteiger partial charge in [0.25, 0.3) is 0 Å². The van der Waals surface area contributed by atoms with Crippen LogP contribution in [0.25, 0.3) is 5.70 Å². The van der Waals surface area contributed by atoms with Crippen LogP contribution < -0.4 is 5.73 Å². The van der Waals surface area contributed by atoms with Crippen LogP contribution in [0.4, 0.5) is 0 Å². The van der Waals surface area contributed by atoms with Crippen molar-refractivity contribution in [3.63, 3.8) is 0 Å². The summed E-state index contributed by atoms with van der Waals surface area (Å²) in [4.78, 5) is 12.7. The Morgan fingerprint density at radius 2 is 1.96 bits per heavy atom. The number of hydrogen-bond donors (Lipinski definition) is 1. The molecule has 0 heterocycles. The number of esters is 1. The molecule has 0 aliphatic heterocycles. The Kier molecular flexibility index (Phi) is 4.47. The summed E-state index contributed by atoms with van der Waals surface area (Å²) in [6.45, 7) is 4.46. The van der Waals surface area contributed by atoms with Crippen LogP contribution in [0.15, 0.2) is 29.8 Å². The largest absolute Gasteiger partial charge is 0.463 e. The molecule has 3 nitrogen and oxygen atoms in total. The van der Waals surface area contributed by atoms with Gasteiger partial charge in [0.1, 0.15) is 0 Å². The minimum Gasteiger partial charge on any atom is -0.463 e. The van der Waals surface area contributed by atoms with E-state index in [4.69, 9.17) is 10.5 Å². The maximum atomic E-state index is 12.7. The molecule has 0 bridgehead atoms. The SMILES string of the molecule is CCOC(=O)C1=C(N)c2ccccc2C[C@]1(C)C1CCCCC1. The number of carbonyl (C=O) groups excluding carboxylic acids is 1. The lowest BCUT2D eigenvalue weighted by Crippen LogP contribution is -2.41. The van der Waals surface area contributed by atoms with Crippen molar-refractivity contribution in [3.8, 4) is 0 Å². The van der Waals surface area contributed by atoms with Crippen molar-refractivity contribution >= 4 is 11.7 Å². The van der Waals surface area contributed by atoms with Crippen LogP contribution >= 0.6 is 0 Å². The fourth-order valence-electron chi connectivity index (χ4n) is 4.50. The molecule has 3 heteroatoms. The number of hydrogen-bond acceptors (Lipinski definition) is 3. The van der Waals surface area contributed by atoms with Crippen LogP contribution in [0.2, 0.25) is 0 Å². The summed E-state index contributed by atoms with van der Waals surface area (Å²) in [5.41, 5.74) is 9.86. The van der Waals surface area contributed by atoms with E-state index in [-0.39, 0.29) is 11.4 Å². The standard InChI is InChI=1S/C20H27NO2/c1-3-23-19(22)17-18(21)16-12-8-7-9-14(16)13-20(17,2)15-10-5-4-6-11-15/h7-9,12,15H,3-6,10-11,13,21H2,1-2H3/t20-/m1/s1. The minimum absolute atomic E-state index is 0.217. The molecule has 1 saturated carbocycles. The predicted molar refractivity (Wildman–Crippen MR) is 92.6 cm³/mol. The molecule has 124 valence electrons. The summed E-state index contributed by atoms with van der Waals surface area (Å²) in [5.74, 6) is 0.273. The van der Waals surface area contributed by atoms with Gasteiger partial charge in [-0.05, 0) is 37.7 Å². The van der Waals surface area contributed by atoms with Crippen LogP contribution in [0.5, 0.6) is 0 Å². The maximum Gasteiger partial charge on any atom is 0.336 e. The molecule has 2 aliphatic carbocycles. The summed E-state index contributed by atoms with van der Waals surface area (Å²) in [6, 6.07) is 8.20. The number of rotatable bonds is 3. The van der Waals surface area contributed by atoms with E-state index < -0.39 is 0 Å². The molecule has 0 amide bonds. The highest BCUT2D eigenvalue weighted by Crippen LogP contribution is 2.50. The summed E-state index contributed by atoms with van der Waals surface area (Å²) < 4.78 is 5.38. The van der Waals surface area contributed by atoms with Gasteiger partial charge in [-0.15, -0.1) is 0 Å². The van der Waals surface area contributed by atoms with Gasteiger partial charge in [-0.2, -0.15) is 0 Å². The average Bonchev–Trinajstić information content (AvgIpc) is 2.56. The van der Waals surface area contributed by atoms with Crippen LogP contribution in [-0.4, -0.2) is 12.6 Å². The first kappa shape index (κ1) is 16.1. The number of benzene rings is 1. The van der Waals surface area contributed by atoms with E-state index in [2.05, 4.69) is 19.1 Å². The second kappa shape index (κ2) is 6.38. The first-order valence-electron chi connectivity index (χ1n) is 8.83. The highest BCUT2D eigenvalue weighted by atomic mass is 16.5. The highest BCUT2D eigenvalue weighted by molar-refractivity contribution is 5.99. The van der Waals surface area contributed by atoms with Gasteiger partial charge < -0.3 is 10.5 Å². The molecular weight excluding hydrogens is 286 g/mol. The third kappa shape index (κ3) is 2.77. The van der Waals surface area contributed by atoms with Gasteiger partial charge in [-0.3, -0.25) is 0 Å². The van der Waals surface area contributed by atoms with Crippen molar-refractivity contribution < 1.29 is 9.53 Å². The topological polar surface area (TPSA) is 52.3 Å². The molecule has 3 rings (SSSR count). The molecule has 0 saturated heterocycles. The first-order chi connectivity index (χ1) is 11.1. The van der Waals surface area contributed by atoms with Gasteiger partial charge in [0.2, 0.25) is 0 Å². The lowest BCUT2D eigenvalue weighted by atomic mass is 9.60. The number of nitrogens with two attached hydrogens (primary N) is 1. The zero-order valence-corrected chi connectivity index (χ0v) is 14.2. The smallest absolute Gasteiger partial charge is 0.336 e. The third-order valence-electron chi connectivity index (χ3n) is 5.69. The van der Waals surface area contributed by atoms with E-state index in [0.29, 0.717) is 23.8 Å². The van der Waals surface area contributed by atoms with Crippen molar-refractivity contribution in [1.29, 1.82) is 0 Å². The summed E-state index contributed by atoms with van der Waals surface area (Å²) in [5, 5.41) is 0. The fraction of sp³-hybridized carbons (Fsp3) is 0.550. The number of carbonyl (C=O) groups is 1. The van der Waals surface area contributed by atoms with E-state index >= 15 is 0 Å². The van der Waals surface area contributed by atoms with Gasteiger partial charge in [0.15, 0.2) is 0 Å². The van der Waals surface area contributed by atoms with Gasteiger partial charge in [-0.25, -0.2) is 4.79 Å². The lowest BCUT2D eigenvalue weighted by Gasteiger charge is -2.44. The Labute approximate surface area is 138 Å². The van der Waals surface area contributed by atoms with Crippen molar-refractivity contribution in [3.05, 3.63) is 41.0 Å². The molecule has 1 aromatic carbocycles. The van der Waals surface area contributed by atoms with E-state index in [1.54, 1.807) is 0 Å². The predicted octanol–water partition coefficient (Wildman–Crippen LogP) is 4.06. The summed E-state index contributed by atoms with van der Waals surface area (Å²) in [6.07, 6.45) is 7.03. The Morgan fingerprint density at radius 3 is 2.65 bits per heavy atom. The van der Waals surface area contributed by atoms with Crippen molar-refractivity contribution in [2.24, 2.45) is 17.1 Å². The van der Waals surface area contributed by atoms with Crippen molar-refractivity contribution in [1.82, 2.24) is 0 Å². The molecule has 1 atom stereocenters. The Bertz CT molecular complexity index is 628. The van der Waals surface area contributed by atoms with Crippen LogP contribution in [0.3, 0.4) is 0 Å². The van der Waals surface area contributed by atoms with E-state index in [1.165, 1.54) is 37.7 Å². The van der Waals surface area contributed by atoms with Crippen LogP contribution in [0.1, 0.15) is 57.1 Å².